The predicted octanol–water partition coefficient (Wildman–Crippen LogP) is 3.71. The van der Waals surface area contributed by atoms with Gasteiger partial charge in [0.15, 0.2) is 0 Å². The fourth-order valence-electron chi connectivity index (χ4n) is 2.72. The van der Waals surface area contributed by atoms with Crippen LogP contribution in [0.2, 0.25) is 0 Å². The van der Waals surface area contributed by atoms with E-state index in [2.05, 4.69) is 17.4 Å². The Bertz CT molecular complexity index is 805. The summed E-state index contributed by atoms with van der Waals surface area (Å²) in [5.74, 6) is 3.07. The van der Waals surface area contributed by atoms with Gasteiger partial charge in [0.2, 0.25) is 0 Å². The molecule has 0 N–H and O–H groups in total. The number of benzene rings is 2. The second kappa shape index (κ2) is 10.2. The van der Waals surface area contributed by atoms with Crippen LogP contribution in [0.4, 0.5) is 0 Å². The van der Waals surface area contributed by atoms with Gasteiger partial charge in [-0.15, -0.1) is 13.0 Å². The lowest BCUT2D eigenvalue weighted by molar-refractivity contribution is 0.0600. The molecule has 0 radical (unpaired) electrons. The van der Waals surface area contributed by atoms with Crippen molar-refractivity contribution in [2.24, 2.45) is 0 Å². The minimum atomic E-state index is -0.354. The number of carbonyl (C=O) groups is 1. The molecule has 0 aliphatic heterocycles. The molecule has 1 atom stereocenters. The summed E-state index contributed by atoms with van der Waals surface area (Å²) in [6.07, 6.45) is 8.13. The first-order valence-corrected chi connectivity index (χ1v) is 8.72. The Labute approximate surface area is 161 Å². The van der Waals surface area contributed by atoms with Crippen LogP contribution in [-0.2, 0) is 17.8 Å². The van der Waals surface area contributed by atoms with Crippen LogP contribution in [0.3, 0.4) is 0 Å². The zero-order chi connectivity index (χ0) is 19.6. The Hall–Kier alpha value is -3.03. The maximum atomic E-state index is 11.6. The van der Waals surface area contributed by atoms with E-state index in [9.17, 15) is 4.79 Å². The highest BCUT2D eigenvalue weighted by molar-refractivity contribution is 5.89. The molecular formula is C23H25NO3. The zero-order valence-electron chi connectivity index (χ0n) is 15.9. The first-order valence-electron chi connectivity index (χ1n) is 8.72. The van der Waals surface area contributed by atoms with E-state index in [4.69, 9.17) is 15.9 Å². The summed E-state index contributed by atoms with van der Waals surface area (Å²) in [6, 6.07) is 15.4. The average Bonchev–Trinajstić information content (AvgIpc) is 2.71. The van der Waals surface area contributed by atoms with Crippen LogP contribution in [0.25, 0.3) is 0 Å². The Morgan fingerprint density at radius 2 is 2.00 bits per heavy atom. The summed E-state index contributed by atoms with van der Waals surface area (Å²) in [7, 11) is 3.36. The maximum Gasteiger partial charge on any atom is 0.337 e. The highest BCUT2D eigenvalue weighted by Gasteiger charge is 2.11. The predicted molar refractivity (Wildman–Crippen MR) is 108 cm³/mol. The molecule has 1 unspecified atom stereocenters. The highest BCUT2D eigenvalue weighted by Crippen LogP contribution is 2.17. The van der Waals surface area contributed by atoms with Gasteiger partial charge in [-0.1, -0.05) is 36.3 Å². The van der Waals surface area contributed by atoms with E-state index in [-0.39, 0.29) is 12.0 Å². The molecule has 2 rings (SSSR count). The molecule has 0 spiro atoms. The fourth-order valence-corrected chi connectivity index (χ4v) is 2.72. The number of hydrogen-bond acceptors (Lipinski definition) is 4. The summed E-state index contributed by atoms with van der Waals surface area (Å²) in [4.78, 5) is 13.7. The third kappa shape index (κ3) is 6.02. The smallest absolute Gasteiger partial charge is 0.337 e. The molecule has 0 saturated carbocycles. The molecule has 4 heteroatoms. The highest BCUT2D eigenvalue weighted by atomic mass is 16.5. The van der Waals surface area contributed by atoms with Crippen LogP contribution >= 0.6 is 0 Å². The maximum absolute atomic E-state index is 11.6. The van der Waals surface area contributed by atoms with E-state index in [0.29, 0.717) is 18.7 Å². The van der Waals surface area contributed by atoms with E-state index in [1.165, 1.54) is 12.7 Å². The summed E-state index contributed by atoms with van der Waals surface area (Å²) >= 11 is 0. The zero-order valence-corrected chi connectivity index (χ0v) is 15.9. The number of ether oxygens (including phenoxy) is 2. The van der Waals surface area contributed by atoms with Crippen molar-refractivity contribution in [3.8, 4) is 18.1 Å². The average molecular weight is 363 g/mol. The van der Waals surface area contributed by atoms with Gasteiger partial charge in [0, 0.05) is 6.04 Å². The Kier molecular flexibility index (Phi) is 7.66. The second-order valence-electron chi connectivity index (χ2n) is 6.25. The topological polar surface area (TPSA) is 38.8 Å². The molecule has 0 heterocycles. The van der Waals surface area contributed by atoms with Gasteiger partial charge in [0.25, 0.3) is 0 Å². The van der Waals surface area contributed by atoms with E-state index in [0.717, 1.165) is 17.7 Å². The normalized spacial score (nSPS) is 11.5. The molecule has 0 aliphatic carbocycles. The molecule has 140 valence electrons. The number of terminal acetylenes is 1. The van der Waals surface area contributed by atoms with Crippen LogP contribution in [0.5, 0.6) is 5.75 Å². The Morgan fingerprint density at radius 1 is 1.26 bits per heavy atom. The lowest BCUT2D eigenvalue weighted by Crippen LogP contribution is -2.32. The number of hydrogen-bond donors (Lipinski definition) is 0. The van der Waals surface area contributed by atoms with Crippen molar-refractivity contribution in [2.75, 3.05) is 20.7 Å². The minimum absolute atomic E-state index is 0.189. The van der Waals surface area contributed by atoms with E-state index in [1.54, 1.807) is 12.1 Å². The SMILES string of the molecule is C#CCN(C)C(C=C)Cc1ccc(OCc2cccc(C(=O)OC)c2)cc1. The van der Waals surface area contributed by atoms with Crippen molar-refractivity contribution >= 4 is 5.97 Å². The van der Waals surface area contributed by atoms with Gasteiger partial charge >= 0.3 is 5.97 Å². The number of methoxy groups -OCH3 is 1. The van der Waals surface area contributed by atoms with Crippen molar-refractivity contribution in [1.82, 2.24) is 4.90 Å². The Balaban J connectivity index is 1.95. The number of likely N-dealkylation sites (N-methyl/N-ethyl adjacent to an activating group) is 1. The second-order valence-corrected chi connectivity index (χ2v) is 6.25. The summed E-state index contributed by atoms with van der Waals surface area (Å²) in [5, 5.41) is 0. The molecule has 4 nitrogen and oxygen atoms in total. The van der Waals surface area contributed by atoms with Crippen molar-refractivity contribution in [2.45, 2.75) is 19.1 Å². The third-order valence-corrected chi connectivity index (χ3v) is 4.30. The Morgan fingerprint density at radius 3 is 2.63 bits per heavy atom. The van der Waals surface area contributed by atoms with Crippen molar-refractivity contribution in [3.05, 3.63) is 77.9 Å². The van der Waals surface area contributed by atoms with Gasteiger partial charge in [-0.05, 0) is 48.9 Å². The molecule has 0 saturated heterocycles. The summed E-state index contributed by atoms with van der Waals surface area (Å²) < 4.78 is 10.6. The lowest BCUT2D eigenvalue weighted by atomic mass is 10.0. The van der Waals surface area contributed by atoms with E-state index < -0.39 is 0 Å². The quantitative estimate of drug-likeness (QED) is 0.387. The van der Waals surface area contributed by atoms with E-state index >= 15 is 0 Å². The van der Waals surface area contributed by atoms with Crippen LogP contribution in [-0.4, -0.2) is 37.6 Å². The van der Waals surface area contributed by atoms with Crippen molar-refractivity contribution in [3.63, 3.8) is 0 Å². The van der Waals surface area contributed by atoms with Gasteiger partial charge in [-0.3, -0.25) is 4.90 Å². The molecule has 0 bridgehead atoms. The minimum Gasteiger partial charge on any atom is -0.489 e. The summed E-state index contributed by atoms with van der Waals surface area (Å²) in [5.41, 5.74) is 2.61. The monoisotopic (exact) mass is 363 g/mol. The number of nitrogens with zero attached hydrogens (tertiary/aromatic N) is 1. The number of esters is 1. The number of carbonyl (C=O) groups excluding carboxylic acids is 1. The van der Waals surface area contributed by atoms with Crippen LogP contribution in [0.1, 0.15) is 21.5 Å². The first-order chi connectivity index (χ1) is 13.1. The van der Waals surface area contributed by atoms with Gasteiger partial charge in [0.05, 0.1) is 19.2 Å². The standard InChI is InChI=1S/C23H25NO3/c1-5-14-24(3)21(6-2)16-18-10-12-22(13-11-18)27-17-19-8-7-9-20(15-19)23(25)26-4/h1,6-13,15,21H,2,14,16-17H2,3-4H3. The van der Waals surface area contributed by atoms with E-state index in [1.807, 2.05) is 49.5 Å². The molecule has 0 amide bonds. The first kappa shape index (κ1) is 20.3. The fraction of sp³-hybridized carbons (Fsp3) is 0.261. The largest absolute Gasteiger partial charge is 0.489 e. The summed E-state index contributed by atoms with van der Waals surface area (Å²) in [6.45, 7) is 4.86. The third-order valence-electron chi connectivity index (χ3n) is 4.30. The molecule has 0 fully saturated rings. The van der Waals surface area contributed by atoms with Gasteiger partial charge in [-0.25, -0.2) is 4.79 Å². The molecule has 2 aromatic rings. The number of rotatable bonds is 9. The van der Waals surface area contributed by atoms with Gasteiger partial charge in [-0.2, -0.15) is 0 Å². The van der Waals surface area contributed by atoms with Gasteiger partial charge in [0.1, 0.15) is 12.4 Å². The van der Waals surface area contributed by atoms with Gasteiger partial charge < -0.3 is 9.47 Å². The van der Waals surface area contributed by atoms with Crippen LogP contribution in [0, 0.1) is 12.3 Å². The molecule has 2 aromatic carbocycles. The van der Waals surface area contributed by atoms with Crippen molar-refractivity contribution in [1.29, 1.82) is 0 Å². The van der Waals surface area contributed by atoms with Crippen molar-refractivity contribution < 1.29 is 14.3 Å². The van der Waals surface area contributed by atoms with Crippen LogP contribution < -0.4 is 4.74 Å². The molecule has 0 aromatic heterocycles. The molecule has 27 heavy (non-hydrogen) atoms. The molecular weight excluding hydrogens is 338 g/mol. The molecule has 0 aliphatic rings. The van der Waals surface area contributed by atoms with Crippen LogP contribution in [0.15, 0.2) is 61.2 Å². The lowest BCUT2D eigenvalue weighted by Gasteiger charge is -2.23.